The van der Waals surface area contributed by atoms with Gasteiger partial charge in [-0.1, -0.05) is 42.8 Å². The first-order valence-corrected chi connectivity index (χ1v) is 8.30. The van der Waals surface area contributed by atoms with Crippen LogP contribution in [0.3, 0.4) is 0 Å². The molecule has 0 radical (unpaired) electrons. The number of carbonyl (C=O) groups excluding carboxylic acids is 2. The van der Waals surface area contributed by atoms with Crippen molar-refractivity contribution in [2.75, 3.05) is 16.8 Å². The van der Waals surface area contributed by atoms with E-state index >= 15 is 0 Å². The summed E-state index contributed by atoms with van der Waals surface area (Å²) in [4.78, 5) is 25.8. The number of nitrogens with zero attached hydrogens (tertiary/aromatic N) is 1. The number of nitrogens with one attached hydrogen (secondary N) is 1. The van der Waals surface area contributed by atoms with Gasteiger partial charge in [-0.2, -0.15) is 0 Å². The minimum absolute atomic E-state index is 0.0774. The Kier molecular flexibility index (Phi) is 6.38. The number of anilines is 2. The minimum atomic E-state index is -0.155. The van der Waals surface area contributed by atoms with Crippen molar-refractivity contribution < 1.29 is 9.59 Å². The number of para-hydroxylation sites is 1. The summed E-state index contributed by atoms with van der Waals surface area (Å²) in [6.45, 7) is 3.89. The molecule has 0 aliphatic rings. The molecule has 0 saturated heterocycles. The van der Waals surface area contributed by atoms with Gasteiger partial charge in [0.05, 0.1) is 0 Å². The third kappa shape index (κ3) is 4.83. The molecule has 2 amide bonds. The van der Waals surface area contributed by atoms with Crippen LogP contribution in [0.15, 0.2) is 48.5 Å². The lowest BCUT2D eigenvalue weighted by Gasteiger charge is -2.23. The average Bonchev–Trinajstić information content (AvgIpc) is 2.55. The van der Waals surface area contributed by atoms with Crippen molar-refractivity contribution in [3.8, 4) is 0 Å². The molecule has 4 nitrogen and oxygen atoms in total. The second-order valence-corrected chi connectivity index (χ2v) is 5.90. The van der Waals surface area contributed by atoms with Crippen molar-refractivity contribution in [3.05, 3.63) is 59.1 Å². The number of halogens is 1. The van der Waals surface area contributed by atoms with Gasteiger partial charge in [0.2, 0.25) is 11.8 Å². The molecule has 1 N–H and O–H groups in total. The fourth-order valence-corrected chi connectivity index (χ4v) is 2.71. The maximum atomic E-state index is 12.1. The van der Waals surface area contributed by atoms with Gasteiger partial charge in [-0.25, -0.2) is 0 Å². The average molecular weight is 345 g/mol. The van der Waals surface area contributed by atoms with Gasteiger partial charge in [-0.05, 0) is 36.2 Å². The number of benzene rings is 2. The van der Waals surface area contributed by atoms with Gasteiger partial charge < -0.3 is 10.2 Å². The smallest absolute Gasteiger partial charge is 0.226 e. The van der Waals surface area contributed by atoms with Crippen LogP contribution in [0.25, 0.3) is 0 Å². The Morgan fingerprint density at radius 1 is 1.12 bits per heavy atom. The Labute approximate surface area is 147 Å². The van der Waals surface area contributed by atoms with Crippen LogP contribution in [0, 0.1) is 0 Å². The Morgan fingerprint density at radius 2 is 1.88 bits per heavy atom. The van der Waals surface area contributed by atoms with Gasteiger partial charge in [-0.3, -0.25) is 9.59 Å². The van der Waals surface area contributed by atoms with Crippen LogP contribution in [-0.4, -0.2) is 18.4 Å². The predicted molar refractivity (Wildman–Crippen MR) is 98.5 cm³/mol. The molecule has 0 fully saturated rings. The molecule has 2 rings (SSSR count). The number of carbonyl (C=O) groups is 2. The fraction of sp³-hybridized carbons (Fsp3) is 0.263. The van der Waals surface area contributed by atoms with Crippen molar-refractivity contribution in [1.29, 1.82) is 0 Å². The molecule has 0 unspecified atom stereocenters. The molecule has 2 aromatic rings. The van der Waals surface area contributed by atoms with E-state index in [-0.39, 0.29) is 18.2 Å². The van der Waals surface area contributed by atoms with Crippen LogP contribution < -0.4 is 10.2 Å². The highest BCUT2D eigenvalue weighted by molar-refractivity contribution is 6.30. The first-order chi connectivity index (χ1) is 11.5. The summed E-state index contributed by atoms with van der Waals surface area (Å²) < 4.78 is 0. The van der Waals surface area contributed by atoms with Crippen LogP contribution in [-0.2, 0) is 16.0 Å². The molecule has 0 aliphatic heterocycles. The molecule has 5 heteroatoms. The highest BCUT2D eigenvalue weighted by Crippen LogP contribution is 2.22. The van der Waals surface area contributed by atoms with Crippen LogP contribution >= 0.6 is 11.6 Å². The summed E-state index contributed by atoms with van der Waals surface area (Å²) in [5.41, 5.74) is 2.60. The summed E-state index contributed by atoms with van der Waals surface area (Å²) in [5, 5.41) is 3.36. The lowest BCUT2D eigenvalue weighted by molar-refractivity contribution is -0.117. The van der Waals surface area contributed by atoms with Crippen LogP contribution in [0.2, 0.25) is 5.02 Å². The highest BCUT2D eigenvalue weighted by Gasteiger charge is 2.16. The SMILES string of the molecule is CCc1ccccc1N(CCC(=O)Nc1cccc(Cl)c1)C(C)=O. The molecule has 0 saturated carbocycles. The molecule has 0 atom stereocenters. The number of hydrogen-bond donors (Lipinski definition) is 1. The quantitative estimate of drug-likeness (QED) is 0.850. The maximum Gasteiger partial charge on any atom is 0.226 e. The van der Waals surface area contributed by atoms with E-state index in [4.69, 9.17) is 11.6 Å². The Morgan fingerprint density at radius 3 is 2.54 bits per heavy atom. The van der Waals surface area contributed by atoms with Crippen LogP contribution in [0.5, 0.6) is 0 Å². The second kappa shape index (κ2) is 8.50. The van der Waals surface area contributed by atoms with E-state index < -0.39 is 0 Å². The van der Waals surface area contributed by atoms with Crippen LogP contribution in [0.4, 0.5) is 11.4 Å². The number of rotatable bonds is 6. The summed E-state index contributed by atoms with van der Waals surface area (Å²) >= 11 is 5.91. The summed E-state index contributed by atoms with van der Waals surface area (Å²) in [7, 11) is 0. The van der Waals surface area contributed by atoms with E-state index in [0.29, 0.717) is 17.3 Å². The molecular formula is C19H21ClN2O2. The lowest BCUT2D eigenvalue weighted by atomic mass is 10.1. The van der Waals surface area contributed by atoms with Gasteiger partial charge >= 0.3 is 0 Å². The molecule has 24 heavy (non-hydrogen) atoms. The third-order valence-corrected chi connectivity index (χ3v) is 3.95. The Balaban J connectivity index is 2.04. The Hall–Kier alpha value is -2.33. The van der Waals surface area contributed by atoms with Crippen molar-refractivity contribution in [2.24, 2.45) is 0 Å². The molecular weight excluding hydrogens is 324 g/mol. The minimum Gasteiger partial charge on any atom is -0.326 e. The largest absolute Gasteiger partial charge is 0.326 e. The summed E-state index contributed by atoms with van der Waals surface area (Å²) in [5.74, 6) is -0.232. The highest BCUT2D eigenvalue weighted by atomic mass is 35.5. The molecule has 126 valence electrons. The van der Waals surface area contributed by atoms with E-state index in [0.717, 1.165) is 17.7 Å². The summed E-state index contributed by atoms with van der Waals surface area (Å²) in [6.07, 6.45) is 1.04. The van der Waals surface area contributed by atoms with Crippen molar-refractivity contribution in [2.45, 2.75) is 26.7 Å². The lowest BCUT2D eigenvalue weighted by Crippen LogP contribution is -2.32. The third-order valence-electron chi connectivity index (χ3n) is 3.71. The van der Waals surface area contributed by atoms with E-state index in [1.165, 1.54) is 6.92 Å². The van der Waals surface area contributed by atoms with Gasteiger partial charge in [0.25, 0.3) is 0 Å². The van der Waals surface area contributed by atoms with Gasteiger partial charge in [0.15, 0.2) is 0 Å². The van der Waals surface area contributed by atoms with Crippen molar-refractivity contribution in [1.82, 2.24) is 0 Å². The molecule has 0 aliphatic carbocycles. The normalized spacial score (nSPS) is 10.3. The van der Waals surface area contributed by atoms with Gasteiger partial charge in [0.1, 0.15) is 0 Å². The zero-order valence-electron chi connectivity index (χ0n) is 13.9. The maximum absolute atomic E-state index is 12.1. The van der Waals surface area contributed by atoms with Gasteiger partial charge in [0, 0.05) is 36.3 Å². The van der Waals surface area contributed by atoms with E-state index in [9.17, 15) is 9.59 Å². The first-order valence-electron chi connectivity index (χ1n) is 7.92. The molecule has 0 spiro atoms. The molecule has 0 bridgehead atoms. The van der Waals surface area contributed by atoms with Crippen LogP contribution in [0.1, 0.15) is 25.8 Å². The number of amides is 2. The molecule has 2 aromatic carbocycles. The fourth-order valence-electron chi connectivity index (χ4n) is 2.52. The Bertz CT molecular complexity index is 731. The predicted octanol–water partition coefficient (Wildman–Crippen LogP) is 4.28. The summed E-state index contributed by atoms with van der Waals surface area (Å²) in [6, 6.07) is 14.7. The van der Waals surface area contributed by atoms with E-state index in [1.807, 2.05) is 31.2 Å². The standard InChI is InChI=1S/C19H21ClN2O2/c1-3-15-7-4-5-10-18(15)22(14(2)23)12-11-19(24)21-17-9-6-8-16(20)13-17/h4-10,13H,3,11-12H2,1-2H3,(H,21,24). The number of aryl methyl sites for hydroxylation is 1. The zero-order chi connectivity index (χ0) is 17.5. The van der Waals surface area contributed by atoms with E-state index in [1.54, 1.807) is 29.2 Å². The van der Waals surface area contributed by atoms with Gasteiger partial charge in [-0.15, -0.1) is 0 Å². The topological polar surface area (TPSA) is 49.4 Å². The second-order valence-electron chi connectivity index (χ2n) is 5.46. The van der Waals surface area contributed by atoms with Crippen molar-refractivity contribution in [3.63, 3.8) is 0 Å². The van der Waals surface area contributed by atoms with E-state index in [2.05, 4.69) is 5.32 Å². The zero-order valence-corrected chi connectivity index (χ0v) is 14.6. The molecule has 0 aromatic heterocycles. The molecule has 0 heterocycles. The monoisotopic (exact) mass is 344 g/mol. The van der Waals surface area contributed by atoms with Crippen molar-refractivity contribution >= 4 is 34.8 Å². The first kappa shape index (κ1) is 18.0. The number of hydrogen-bond acceptors (Lipinski definition) is 2.